The Morgan fingerprint density at radius 2 is 1.81 bits per heavy atom. The number of hydrogen-bond acceptors (Lipinski definition) is 3. The van der Waals surface area contributed by atoms with Crippen molar-refractivity contribution in [3.8, 4) is 11.5 Å². The third-order valence-electron chi connectivity index (χ3n) is 6.15. The van der Waals surface area contributed by atoms with E-state index in [1.807, 2.05) is 18.2 Å². The summed E-state index contributed by atoms with van der Waals surface area (Å²) in [5, 5.41) is 0. The van der Waals surface area contributed by atoms with Crippen LogP contribution < -0.4 is 9.47 Å². The zero-order valence-corrected chi connectivity index (χ0v) is 17.5. The molecule has 1 aliphatic heterocycles. The monoisotopic (exact) mass is 433 g/mol. The van der Waals surface area contributed by atoms with Crippen molar-refractivity contribution in [1.82, 2.24) is 4.90 Å². The molecule has 1 atom stereocenters. The molecule has 2 fully saturated rings. The van der Waals surface area contributed by atoms with Gasteiger partial charge in [0, 0.05) is 25.4 Å². The van der Waals surface area contributed by atoms with E-state index < -0.39 is 11.7 Å². The fourth-order valence-electron chi connectivity index (χ4n) is 4.51. The minimum atomic E-state index is -4.44. The number of rotatable bonds is 6. The number of amides is 1. The summed E-state index contributed by atoms with van der Waals surface area (Å²) in [6.07, 6.45) is 0.328. The Balaban J connectivity index is 1.51. The minimum absolute atomic E-state index is 0.0490. The van der Waals surface area contributed by atoms with Crippen molar-refractivity contribution >= 4 is 5.91 Å². The number of hydrogen-bond donors (Lipinski definition) is 0. The number of halogens is 3. The predicted octanol–water partition coefficient (Wildman–Crippen LogP) is 5.55. The van der Waals surface area contributed by atoms with Crippen LogP contribution >= 0.6 is 0 Å². The molecule has 4 rings (SSSR count). The number of methoxy groups -OCH3 is 1. The molecular formula is C24H26F3NO3. The number of likely N-dealkylation sites (tertiary alicyclic amines) is 1. The van der Waals surface area contributed by atoms with E-state index >= 15 is 0 Å². The first-order valence-electron chi connectivity index (χ1n) is 10.6. The first-order valence-corrected chi connectivity index (χ1v) is 10.6. The average Bonchev–Trinajstić information content (AvgIpc) is 3.37. The normalized spacial score (nSPS) is 19.8. The molecule has 0 aromatic heterocycles. The fraction of sp³-hybridized carbons (Fsp3) is 0.458. The van der Waals surface area contributed by atoms with Crippen LogP contribution in [0.15, 0.2) is 42.5 Å². The van der Waals surface area contributed by atoms with Gasteiger partial charge in [-0.3, -0.25) is 4.79 Å². The molecule has 1 unspecified atom stereocenters. The van der Waals surface area contributed by atoms with Gasteiger partial charge in [0.05, 0.1) is 18.8 Å². The molecule has 0 N–H and O–H groups in total. The minimum Gasteiger partial charge on any atom is -0.493 e. The molecule has 4 nitrogen and oxygen atoms in total. The summed E-state index contributed by atoms with van der Waals surface area (Å²) in [5.74, 6) is 1.08. The lowest BCUT2D eigenvalue weighted by Crippen LogP contribution is -2.26. The maximum atomic E-state index is 13.3. The highest BCUT2D eigenvalue weighted by Crippen LogP contribution is 2.38. The zero-order valence-electron chi connectivity index (χ0n) is 17.5. The van der Waals surface area contributed by atoms with E-state index in [0.717, 1.165) is 37.3 Å². The quantitative estimate of drug-likeness (QED) is 0.600. The predicted molar refractivity (Wildman–Crippen MR) is 110 cm³/mol. The van der Waals surface area contributed by atoms with Gasteiger partial charge < -0.3 is 14.4 Å². The van der Waals surface area contributed by atoms with Gasteiger partial charge >= 0.3 is 6.18 Å². The standard InChI is InChI=1S/C24H26F3NO3/c1-30-21-11-10-16(12-22(21)31-19-7-3-4-8-19)18-13-23(29)28(15-18)14-17-6-2-5-9-20(17)24(25,26)27/h2,5-6,9-12,18-19H,3-4,7-8,13-15H2,1H3. The Bertz CT molecular complexity index is 938. The van der Waals surface area contributed by atoms with Gasteiger partial charge in [0.25, 0.3) is 0 Å². The smallest absolute Gasteiger partial charge is 0.416 e. The summed E-state index contributed by atoms with van der Waals surface area (Å²) in [6, 6.07) is 11.1. The van der Waals surface area contributed by atoms with Gasteiger partial charge in [0.2, 0.25) is 5.91 Å². The van der Waals surface area contributed by atoms with Gasteiger partial charge in [-0.25, -0.2) is 0 Å². The maximum Gasteiger partial charge on any atom is 0.416 e. The van der Waals surface area contributed by atoms with Gasteiger partial charge in [0.15, 0.2) is 11.5 Å². The van der Waals surface area contributed by atoms with Crippen LogP contribution in [0.25, 0.3) is 0 Å². The van der Waals surface area contributed by atoms with Crippen LogP contribution in [-0.4, -0.2) is 30.6 Å². The fourth-order valence-corrected chi connectivity index (χ4v) is 4.51. The number of nitrogens with zero attached hydrogens (tertiary/aromatic N) is 1. The van der Waals surface area contributed by atoms with Crippen LogP contribution in [-0.2, 0) is 17.5 Å². The van der Waals surface area contributed by atoms with Crippen molar-refractivity contribution in [1.29, 1.82) is 0 Å². The molecule has 1 amide bonds. The lowest BCUT2D eigenvalue weighted by Gasteiger charge is -2.21. The summed E-state index contributed by atoms with van der Waals surface area (Å²) in [4.78, 5) is 14.1. The Labute approximate surface area is 180 Å². The van der Waals surface area contributed by atoms with Crippen molar-refractivity contribution in [3.05, 3.63) is 59.2 Å². The molecule has 1 saturated carbocycles. The van der Waals surface area contributed by atoms with E-state index in [1.165, 1.54) is 17.0 Å². The second-order valence-electron chi connectivity index (χ2n) is 8.26. The Hall–Kier alpha value is -2.70. The van der Waals surface area contributed by atoms with Crippen molar-refractivity contribution in [2.24, 2.45) is 0 Å². The van der Waals surface area contributed by atoms with Crippen LogP contribution in [0, 0.1) is 0 Å². The molecule has 0 radical (unpaired) electrons. The number of ether oxygens (including phenoxy) is 2. The Kier molecular flexibility index (Phi) is 6.12. The van der Waals surface area contributed by atoms with Gasteiger partial charge in [0.1, 0.15) is 0 Å². The topological polar surface area (TPSA) is 38.8 Å². The largest absolute Gasteiger partial charge is 0.493 e. The molecule has 7 heteroatoms. The molecule has 0 bridgehead atoms. The zero-order chi connectivity index (χ0) is 22.0. The van der Waals surface area contributed by atoms with E-state index in [4.69, 9.17) is 9.47 Å². The number of carbonyl (C=O) groups excluding carboxylic acids is 1. The van der Waals surface area contributed by atoms with Crippen LogP contribution in [0.3, 0.4) is 0 Å². The van der Waals surface area contributed by atoms with Crippen molar-refractivity contribution in [2.75, 3.05) is 13.7 Å². The summed E-state index contributed by atoms with van der Waals surface area (Å²) in [5.41, 5.74) is 0.362. The lowest BCUT2D eigenvalue weighted by molar-refractivity contribution is -0.139. The second-order valence-corrected chi connectivity index (χ2v) is 8.26. The number of carbonyl (C=O) groups is 1. The highest BCUT2D eigenvalue weighted by molar-refractivity contribution is 5.80. The van der Waals surface area contributed by atoms with E-state index in [1.54, 1.807) is 13.2 Å². The first-order chi connectivity index (χ1) is 14.8. The van der Waals surface area contributed by atoms with Crippen LogP contribution in [0.2, 0.25) is 0 Å². The molecule has 1 heterocycles. The van der Waals surface area contributed by atoms with Crippen LogP contribution in [0.5, 0.6) is 11.5 Å². The van der Waals surface area contributed by atoms with Gasteiger partial charge in [-0.1, -0.05) is 24.3 Å². The molecule has 0 spiro atoms. The van der Waals surface area contributed by atoms with Gasteiger partial charge in [-0.2, -0.15) is 13.2 Å². The number of alkyl halides is 3. The first kappa shape index (κ1) is 21.5. The highest BCUT2D eigenvalue weighted by atomic mass is 19.4. The summed E-state index contributed by atoms with van der Waals surface area (Å²) >= 11 is 0. The van der Waals surface area contributed by atoms with Crippen molar-refractivity contribution in [3.63, 3.8) is 0 Å². The Morgan fingerprint density at radius 3 is 2.52 bits per heavy atom. The van der Waals surface area contributed by atoms with Crippen molar-refractivity contribution in [2.45, 2.75) is 56.8 Å². The van der Waals surface area contributed by atoms with Crippen molar-refractivity contribution < 1.29 is 27.4 Å². The molecule has 2 aromatic carbocycles. The third kappa shape index (κ3) is 4.81. The lowest BCUT2D eigenvalue weighted by atomic mass is 9.98. The van der Waals surface area contributed by atoms with E-state index in [-0.39, 0.29) is 36.5 Å². The van der Waals surface area contributed by atoms with E-state index in [9.17, 15) is 18.0 Å². The Morgan fingerprint density at radius 1 is 1.06 bits per heavy atom. The third-order valence-corrected chi connectivity index (χ3v) is 6.15. The molecule has 1 saturated heterocycles. The molecule has 31 heavy (non-hydrogen) atoms. The molecular weight excluding hydrogens is 407 g/mol. The second kappa shape index (κ2) is 8.81. The van der Waals surface area contributed by atoms with E-state index in [2.05, 4.69) is 0 Å². The molecule has 1 aliphatic carbocycles. The molecule has 2 aromatic rings. The maximum absolute atomic E-state index is 13.3. The SMILES string of the molecule is COc1ccc(C2CC(=O)N(Cc3ccccc3C(F)(F)F)C2)cc1OC1CCCC1. The van der Waals surface area contributed by atoms with Crippen LogP contribution in [0.4, 0.5) is 13.2 Å². The average molecular weight is 433 g/mol. The van der Waals surface area contributed by atoms with Crippen LogP contribution in [0.1, 0.15) is 54.7 Å². The summed E-state index contributed by atoms with van der Waals surface area (Å²) in [6.45, 7) is 0.326. The van der Waals surface area contributed by atoms with Gasteiger partial charge in [-0.05, 0) is 55.0 Å². The molecule has 2 aliphatic rings. The molecule has 166 valence electrons. The van der Waals surface area contributed by atoms with E-state index in [0.29, 0.717) is 18.0 Å². The number of benzene rings is 2. The summed E-state index contributed by atoms with van der Waals surface area (Å²) < 4.78 is 51.5. The summed E-state index contributed by atoms with van der Waals surface area (Å²) in [7, 11) is 1.59. The van der Waals surface area contributed by atoms with Gasteiger partial charge in [-0.15, -0.1) is 0 Å². The highest BCUT2D eigenvalue weighted by Gasteiger charge is 2.36.